The van der Waals surface area contributed by atoms with Crippen molar-refractivity contribution in [1.29, 1.82) is 0 Å². The molecule has 1 amide bonds. The number of allylic oxidation sites excluding steroid dienone is 6. The predicted molar refractivity (Wildman–Crippen MR) is 358 cm³/mol. The molecule has 0 bridgehead atoms. The summed E-state index contributed by atoms with van der Waals surface area (Å²) in [6.07, 6.45) is 69.6. The fraction of sp³-hybridized carbons (Fsp3) is 0.905. The summed E-state index contributed by atoms with van der Waals surface area (Å²) in [5.41, 5.74) is 0. The number of amides is 1. The molecule has 0 aromatic rings. The molecule has 8 N–H and O–H groups in total. The fourth-order valence-corrected chi connectivity index (χ4v) is 12.0. The van der Waals surface area contributed by atoms with Gasteiger partial charge in [0.1, 0.15) is 36.6 Å². The summed E-state index contributed by atoms with van der Waals surface area (Å²) in [4.78, 5) is 13.3. The quantitative estimate of drug-likeness (QED) is 0.0215. The van der Waals surface area contributed by atoms with Gasteiger partial charge in [-0.25, -0.2) is 0 Å². The van der Waals surface area contributed by atoms with Crippen molar-refractivity contribution < 1.29 is 50.0 Å². The molecule has 9 atom stereocenters. The molecule has 9 unspecified atom stereocenters. The van der Waals surface area contributed by atoms with Gasteiger partial charge in [-0.1, -0.05) is 326 Å². The van der Waals surface area contributed by atoms with Crippen LogP contribution in [0.2, 0.25) is 0 Å². The highest BCUT2D eigenvalue weighted by molar-refractivity contribution is 5.80. The standard InChI is InChI=1S/C74H141NO10/c1-3-5-7-9-11-13-15-17-19-21-23-25-27-29-31-32-33-34-35-36-38-39-41-43-45-47-49-51-53-55-57-59-61-66(77)69(79)65(64-84-74-72(82)71(81)70(80)68(63-76)85-74)75-73(83)67(78)62-60-58-56-54-52-50-48-46-44-42-40-37-30-28-26-24-22-20-18-16-14-12-10-8-6-4-2/h24,26,30,37,53,55,65-72,74,76-82H,3-23,25,27-29,31-36,38-52,54,56-64H2,1-2H3,(H,75,83)/b26-24-,37-30-,55-53+. The van der Waals surface area contributed by atoms with Crippen molar-refractivity contribution in [3.05, 3.63) is 36.5 Å². The van der Waals surface area contributed by atoms with E-state index in [4.69, 9.17) is 9.47 Å². The minimum absolute atomic E-state index is 0.251. The minimum atomic E-state index is -1.67. The first kappa shape index (κ1) is 81.3. The number of rotatable bonds is 65. The number of aliphatic hydroxyl groups is 7. The van der Waals surface area contributed by atoms with E-state index in [9.17, 15) is 40.5 Å². The van der Waals surface area contributed by atoms with Crippen LogP contribution in [0.25, 0.3) is 0 Å². The molecule has 1 heterocycles. The number of carbonyl (C=O) groups is 1. The Morgan fingerprint density at radius 2 is 0.729 bits per heavy atom. The molecule has 0 saturated carbocycles. The maximum absolute atomic E-state index is 13.3. The molecule has 1 aliphatic rings. The molecule has 0 radical (unpaired) electrons. The Labute approximate surface area is 524 Å². The van der Waals surface area contributed by atoms with Crippen molar-refractivity contribution in [2.75, 3.05) is 13.2 Å². The zero-order valence-electron chi connectivity index (χ0n) is 55.6. The van der Waals surface area contributed by atoms with E-state index in [1.54, 1.807) is 0 Å². The Morgan fingerprint density at radius 3 is 1.08 bits per heavy atom. The van der Waals surface area contributed by atoms with Crippen LogP contribution >= 0.6 is 0 Å². The number of ether oxygens (including phenoxy) is 2. The zero-order valence-corrected chi connectivity index (χ0v) is 55.6. The fourth-order valence-electron chi connectivity index (χ4n) is 12.0. The van der Waals surface area contributed by atoms with Gasteiger partial charge in [-0.2, -0.15) is 0 Å². The lowest BCUT2D eigenvalue weighted by Gasteiger charge is -2.40. The Morgan fingerprint density at radius 1 is 0.412 bits per heavy atom. The monoisotopic (exact) mass is 1200 g/mol. The van der Waals surface area contributed by atoms with E-state index in [1.807, 2.05) is 0 Å². The van der Waals surface area contributed by atoms with Gasteiger partial charge >= 0.3 is 0 Å². The summed E-state index contributed by atoms with van der Waals surface area (Å²) in [6, 6.07) is -1.19. The molecule has 85 heavy (non-hydrogen) atoms. The molecule has 0 spiro atoms. The van der Waals surface area contributed by atoms with Crippen LogP contribution in [0.5, 0.6) is 0 Å². The lowest BCUT2D eigenvalue weighted by atomic mass is 9.98. The van der Waals surface area contributed by atoms with Gasteiger partial charge in [0.25, 0.3) is 0 Å². The molecular formula is C74H141NO10. The van der Waals surface area contributed by atoms with E-state index in [1.165, 1.54) is 270 Å². The van der Waals surface area contributed by atoms with Gasteiger partial charge in [-0.3, -0.25) is 4.79 Å². The van der Waals surface area contributed by atoms with Gasteiger partial charge in [0.05, 0.1) is 25.4 Å². The van der Waals surface area contributed by atoms with Crippen LogP contribution in [-0.4, -0.2) is 110 Å². The van der Waals surface area contributed by atoms with Crippen LogP contribution in [0.4, 0.5) is 0 Å². The number of hydrogen-bond donors (Lipinski definition) is 8. The summed E-state index contributed by atoms with van der Waals surface area (Å²) in [6.45, 7) is 3.50. The highest BCUT2D eigenvalue weighted by atomic mass is 16.7. The smallest absolute Gasteiger partial charge is 0.249 e. The lowest BCUT2D eigenvalue weighted by Crippen LogP contribution is -2.60. The SMILES string of the molecule is CCCCCCCCCCC/C=C\C/C=C\CCCCCCCCCCCCC(O)C(=O)NC(COC1OC(CO)C(O)C(O)C1O)C(O)C(O)CCC/C=C/CCCCCCCCCCCCCCCCCCCCCCCCCCCCC. The topological polar surface area (TPSA) is 189 Å². The lowest BCUT2D eigenvalue weighted by molar-refractivity contribution is -0.303. The van der Waals surface area contributed by atoms with E-state index in [0.717, 1.165) is 51.4 Å². The molecule has 11 heteroatoms. The van der Waals surface area contributed by atoms with Gasteiger partial charge in [0.2, 0.25) is 5.91 Å². The van der Waals surface area contributed by atoms with Crippen LogP contribution in [0.1, 0.15) is 361 Å². The minimum Gasteiger partial charge on any atom is -0.394 e. The second-order valence-corrected chi connectivity index (χ2v) is 26.0. The Kier molecular flexibility index (Phi) is 59.8. The summed E-state index contributed by atoms with van der Waals surface area (Å²) in [5.74, 6) is -0.704. The Hall–Kier alpha value is -1.67. The first-order chi connectivity index (χ1) is 41.7. The molecule has 11 nitrogen and oxygen atoms in total. The van der Waals surface area contributed by atoms with Crippen molar-refractivity contribution in [3.8, 4) is 0 Å². The van der Waals surface area contributed by atoms with Crippen LogP contribution in [0.15, 0.2) is 36.5 Å². The summed E-state index contributed by atoms with van der Waals surface area (Å²) < 4.78 is 11.2. The molecule has 0 aromatic heterocycles. The first-order valence-corrected chi connectivity index (χ1v) is 36.9. The van der Waals surface area contributed by atoms with E-state index in [2.05, 4.69) is 55.6 Å². The molecule has 1 saturated heterocycles. The maximum atomic E-state index is 13.3. The summed E-state index contributed by atoms with van der Waals surface area (Å²) in [5, 5.41) is 76.6. The number of unbranched alkanes of at least 4 members (excludes halogenated alkanes) is 47. The Balaban J connectivity index is 2.19. The van der Waals surface area contributed by atoms with Gasteiger partial charge in [-0.15, -0.1) is 0 Å². The highest BCUT2D eigenvalue weighted by Gasteiger charge is 2.44. The zero-order chi connectivity index (χ0) is 61.7. The van der Waals surface area contributed by atoms with Crippen molar-refractivity contribution >= 4 is 5.91 Å². The van der Waals surface area contributed by atoms with E-state index in [-0.39, 0.29) is 12.8 Å². The molecular weight excluding hydrogens is 1060 g/mol. The first-order valence-electron chi connectivity index (χ1n) is 36.9. The van der Waals surface area contributed by atoms with Crippen LogP contribution in [0.3, 0.4) is 0 Å². The van der Waals surface area contributed by atoms with Gasteiger partial charge < -0.3 is 50.5 Å². The van der Waals surface area contributed by atoms with Crippen LogP contribution < -0.4 is 5.32 Å². The third-order valence-corrected chi connectivity index (χ3v) is 17.9. The third kappa shape index (κ3) is 49.8. The second-order valence-electron chi connectivity index (χ2n) is 26.0. The van der Waals surface area contributed by atoms with Crippen LogP contribution in [-0.2, 0) is 14.3 Å². The van der Waals surface area contributed by atoms with Crippen molar-refractivity contribution in [2.24, 2.45) is 0 Å². The van der Waals surface area contributed by atoms with Crippen molar-refractivity contribution in [3.63, 3.8) is 0 Å². The van der Waals surface area contributed by atoms with E-state index < -0.39 is 74.2 Å². The Bertz CT molecular complexity index is 1480. The van der Waals surface area contributed by atoms with Gasteiger partial charge in [0, 0.05) is 0 Å². The molecule has 1 fully saturated rings. The van der Waals surface area contributed by atoms with E-state index >= 15 is 0 Å². The molecule has 1 rings (SSSR count). The summed E-state index contributed by atoms with van der Waals surface area (Å²) in [7, 11) is 0. The molecule has 502 valence electrons. The third-order valence-electron chi connectivity index (χ3n) is 17.9. The number of hydrogen-bond acceptors (Lipinski definition) is 10. The normalized spacial score (nSPS) is 19.0. The van der Waals surface area contributed by atoms with Crippen molar-refractivity contribution in [1.82, 2.24) is 5.32 Å². The van der Waals surface area contributed by atoms with E-state index in [0.29, 0.717) is 12.8 Å². The predicted octanol–water partition coefficient (Wildman–Crippen LogP) is 18.1. The average molecular weight is 1200 g/mol. The largest absolute Gasteiger partial charge is 0.394 e. The number of aliphatic hydroxyl groups excluding tert-OH is 7. The average Bonchev–Trinajstić information content (AvgIpc) is 3.66. The van der Waals surface area contributed by atoms with Crippen LogP contribution in [0, 0.1) is 0 Å². The molecule has 0 aromatic carbocycles. The molecule has 0 aliphatic carbocycles. The maximum Gasteiger partial charge on any atom is 0.249 e. The van der Waals surface area contributed by atoms with Crippen molar-refractivity contribution in [2.45, 2.75) is 416 Å². The number of carbonyl (C=O) groups excluding carboxylic acids is 1. The number of nitrogens with one attached hydrogen (secondary N) is 1. The second kappa shape index (κ2) is 62.5. The highest BCUT2D eigenvalue weighted by Crippen LogP contribution is 2.24. The molecule has 1 aliphatic heterocycles. The van der Waals surface area contributed by atoms with Gasteiger partial charge in [-0.05, 0) is 70.6 Å². The summed E-state index contributed by atoms with van der Waals surface area (Å²) >= 11 is 0. The van der Waals surface area contributed by atoms with Gasteiger partial charge in [0.15, 0.2) is 6.29 Å².